The van der Waals surface area contributed by atoms with Crippen molar-refractivity contribution in [2.45, 2.75) is 37.0 Å². The van der Waals surface area contributed by atoms with Crippen molar-refractivity contribution in [2.24, 2.45) is 17.6 Å². The number of likely N-dealkylation sites (N-methyl/N-ethyl adjacent to an activating group) is 1. The number of aromatic carboxylic acids is 2. The molecular weight excluding hydrogens is 808 g/mol. The number of phenols is 3. The van der Waals surface area contributed by atoms with E-state index >= 15 is 0 Å². The summed E-state index contributed by atoms with van der Waals surface area (Å²) < 4.78 is 0. The standard InChI is InChI=1S/C23H16O6.C22H24N2O8.H2O/c24-20-16(14-7-3-1-5-12(14)9-18(20)22(26)27)11-17-15-8-4-2-6-13(15)10-19(21(17)25)23(28)29;1-7-8-5-4-6-9(25)11(8)16(26)12-10(7)17(27)14-15(24(2)3)18(28)13(21(23)31)20(30)22(14,32)19(12)29;/h1-10,24-25H,11H2,(H,26,27)(H,28,29);4-7,10,14-15,17,25,27-29,32H,1-3H3,(H2,23,31);1H2/t;7-,10+,14+,15-,17-,22-;/m.0./s1. The lowest BCUT2D eigenvalue weighted by molar-refractivity contribution is -0.162. The summed E-state index contributed by atoms with van der Waals surface area (Å²) in [6.45, 7) is 1.68. The number of hydrogen-bond donors (Lipinski definition) is 10. The van der Waals surface area contributed by atoms with Crippen molar-refractivity contribution in [2.75, 3.05) is 14.1 Å². The molecule has 3 aliphatic carbocycles. The van der Waals surface area contributed by atoms with Gasteiger partial charge < -0.3 is 57.2 Å². The third-order valence-electron chi connectivity index (χ3n) is 12.1. The molecule has 17 heteroatoms. The Bertz CT molecular complexity index is 2730. The van der Waals surface area contributed by atoms with E-state index in [2.05, 4.69) is 0 Å². The number of aliphatic hydroxyl groups is 4. The Kier molecular flexibility index (Phi) is 11.4. The average Bonchev–Trinajstić information content (AvgIpc) is 3.20. The molecule has 5 aromatic carbocycles. The molecule has 0 heterocycles. The Hall–Kier alpha value is -7.31. The number of rotatable bonds is 6. The average molecular weight is 851 g/mol. The van der Waals surface area contributed by atoms with Gasteiger partial charge in [-0.15, -0.1) is 0 Å². The number of primary amides is 1. The molecule has 17 nitrogen and oxygen atoms in total. The fraction of sp³-hybridized carbons (Fsp3) is 0.222. The monoisotopic (exact) mass is 850 g/mol. The van der Waals surface area contributed by atoms with E-state index in [1.807, 2.05) is 0 Å². The number of aliphatic hydroxyl groups excluding tert-OH is 3. The highest BCUT2D eigenvalue weighted by Gasteiger charge is 2.67. The molecule has 0 unspecified atom stereocenters. The van der Waals surface area contributed by atoms with Gasteiger partial charge in [-0.3, -0.25) is 19.3 Å². The van der Waals surface area contributed by atoms with E-state index in [0.717, 1.165) is 0 Å². The zero-order chi connectivity index (χ0) is 44.6. The van der Waals surface area contributed by atoms with Crippen molar-refractivity contribution in [3.8, 4) is 17.2 Å². The van der Waals surface area contributed by atoms with Gasteiger partial charge in [0, 0.05) is 29.0 Å². The van der Waals surface area contributed by atoms with Crippen molar-refractivity contribution in [1.29, 1.82) is 0 Å². The Morgan fingerprint density at radius 3 is 1.74 bits per heavy atom. The fourth-order valence-corrected chi connectivity index (χ4v) is 9.27. The van der Waals surface area contributed by atoms with Crippen LogP contribution in [0.1, 0.15) is 60.6 Å². The predicted octanol–water partition coefficient (Wildman–Crippen LogP) is 3.22. The second kappa shape index (κ2) is 15.9. The number of carboxylic acids is 2. The van der Waals surface area contributed by atoms with Crippen LogP contribution in [0.5, 0.6) is 17.2 Å². The van der Waals surface area contributed by atoms with Crippen molar-refractivity contribution < 1.29 is 75.4 Å². The normalized spacial score (nSPS) is 22.9. The van der Waals surface area contributed by atoms with Crippen LogP contribution in [0.15, 0.2) is 102 Å². The smallest absolute Gasteiger partial charge is 0.339 e. The molecule has 62 heavy (non-hydrogen) atoms. The summed E-state index contributed by atoms with van der Waals surface area (Å²) in [4.78, 5) is 63.0. The Balaban J connectivity index is 0.000000204. The first-order chi connectivity index (χ1) is 28.7. The summed E-state index contributed by atoms with van der Waals surface area (Å²) in [6, 6.07) is 19.9. The lowest BCUT2D eigenvalue weighted by atomic mass is 9.55. The molecule has 3 aliphatic rings. The zero-order valence-corrected chi connectivity index (χ0v) is 33.2. The van der Waals surface area contributed by atoms with Crippen molar-refractivity contribution >= 4 is 51.0 Å². The number of hydrogen-bond acceptors (Lipinski definition) is 13. The van der Waals surface area contributed by atoms with Crippen LogP contribution >= 0.6 is 0 Å². The first-order valence-corrected chi connectivity index (χ1v) is 18.8. The van der Waals surface area contributed by atoms with Gasteiger partial charge in [-0.05, 0) is 65.3 Å². The van der Waals surface area contributed by atoms with Gasteiger partial charge in [0.1, 0.15) is 45.5 Å². The van der Waals surface area contributed by atoms with Crippen LogP contribution in [0.4, 0.5) is 0 Å². The van der Waals surface area contributed by atoms with Gasteiger partial charge in [-0.2, -0.15) is 0 Å². The summed E-state index contributed by atoms with van der Waals surface area (Å²) in [7, 11) is 2.98. The van der Waals surface area contributed by atoms with Crippen molar-refractivity contribution in [3.63, 3.8) is 0 Å². The molecular formula is C45H42N2O15. The van der Waals surface area contributed by atoms with Gasteiger partial charge in [0.05, 0.1) is 23.6 Å². The van der Waals surface area contributed by atoms with Crippen LogP contribution in [0.25, 0.3) is 21.5 Å². The first-order valence-electron chi connectivity index (χ1n) is 18.8. The number of carbonyl (C=O) groups excluding carboxylic acids is 3. The van der Waals surface area contributed by atoms with E-state index in [1.54, 1.807) is 67.6 Å². The maximum Gasteiger partial charge on any atom is 0.339 e. The number of fused-ring (bicyclic) bond motifs is 5. The maximum absolute atomic E-state index is 13.3. The summed E-state index contributed by atoms with van der Waals surface area (Å²) in [6.07, 6.45) is -1.63. The van der Waals surface area contributed by atoms with Gasteiger partial charge in [-0.1, -0.05) is 67.6 Å². The molecule has 0 radical (unpaired) electrons. The van der Waals surface area contributed by atoms with Gasteiger partial charge >= 0.3 is 11.9 Å². The second-order valence-electron chi connectivity index (χ2n) is 15.5. The quantitative estimate of drug-likeness (QED) is 0.110. The van der Waals surface area contributed by atoms with Crippen LogP contribution in [0.3, 0.4) is 0 Å². The predicted molar refractivity (Wildman–Crippen MR) is 221 cm³/mol. The Morgan fingerprint density at radius 2 is 1.27 bits per heavy atom. The van der Waals surface area contributed by atoms with Crippen LogP contribution in [0.2, 0.25) is 0 Å². The van der Waals surface area contributed by atoms with E-state index in [-0.39, 0.29) is 34.3 Å². The molecule has 0 saturated heterocycles. The molecule has 13 N–H and O–H groups in total. The molecule has 0 saturated carbocycles. The molecule has 1 amide bonds. The summed E-state index contributed by atoms with van der Waals surface area (Å²) >= 11 is 0. The molecule has 0 aliphatic heterocycles. The van der Waals surface area contributed by atoms with E-state index < -0.39 is 99.1 Å². The number of nitrogens with zero attached hydrogens (tertiary/aromatic N) is 1. The van der Waals surface area contributed by atoms with Gasteiger partial charge in [-0.25, -0.2) is 9.59 Å². The number of benzene rings is 5. The van der Waals surface area contributed by atoms with Crippen LogP contribution in [0, 0.1) is 11.8 Å². The lowest BCUT2D eigenvalue weighted by Gasteiger charge is -2.53. The van der Waals surface area contributed by atoms with Gasteiger partial charge in [0.25, 0.3) is 5.91 Å². The molecule has 6 atom stereocenters. The summed E-state index contributed by atoms with van der Waals surface area (Å²) in [5, 5.41) is 97.8. The largest absolute Gasteiger partial charge is 0.510 e. The number of amides is 1. The van der Waals surface area contributed by atoms with Gasteiger partial charge in [0.15, 0.2) is 11.4 Å². The minimum Gasteiger partial charge on any atom is -0.510 e. The molecule has 8 rings (SSSR count). The molecule has 0 spiro atoms. The minimum atomic E-state index is -2.89. The molecule has 0 aromatic heterocycles. The van der Waals surface area contributed by atoms with Crippen molar-refractivity contribution in [1.82, 2.24) is 4.90 Å². The van der Waals surface area contributed by atoms with E-state index in [0.29, 0.717) is 38.2 Å². The maximum atomic E-state index is 13.3. The third kappa shape index (κ3) is 6.54. The number of aromatic hydroxyl groups is 3. The highest BCUT2D eigenvalue weighted by Crippen LogP contribution is 2.55. The highest BCUT2D eigenvalue weighted by atomic mass is 16.4. The van der Waals surface area contributed by atoms with Gasteiger partial charge in [0.2, 0.25) is 5.78 Å². The Labute approximate surface area is 351 Å². The molecule has 322 valence electrons. The SMILES string of the molecule is C[C@H]1c2cccc(O)c2C(=O)C2=C(O)[C@]3(O)C(=O)C(C(N)=O)=C(O)[C@@H](N(C)C)[C@@H]3[C@@H](O)[C@@H]21.O.O=C(O)c1cc2ccccc2c(Cc2c(O)c(C(=O)O)cc3ccccc23)c1O. The third-order valence-corrected chi connectivity index (χ3v) is 12.1. The fourth-order valence-electron chi connectivity index (χ4n) is 9.27. The second-order valence-corrected chi connectivity index (χ2v) is 15.5. The summed E-state index contributed by atoms with van der Waals surface area (Å²) in [5.41, 5.74) is 1.47. The summed E-state index contributed by atoms with van der Waals surface area (Å²) in [5.74, 6) is -12.2. The lowest BCUT2D eigenvalue weighted by Crippen LogP contribution is -2.68. The number of phenolic OH excluding ortho intramolecular Hbond substituents is 1. The zero-order valence-electron chi connectivity index (χ0n) is 33.2. The highest BCUT2D eigenvalue weighted by molar-refractivity contribution is 6.25. The van der Waals surface area contributed by atoms with Crippen molar-refractivity contribution in [3.05, 3.63) is 135 Å². The first kappa shape index (κ1) is 44.2. The Morgan fingerprint density at radius 1 is 0.774 bits per heavy atom. The number of carboxylic acid groups (broad SMARTS) is 2. The minimum absolute atomic E-state index is 0. The number of nitrogens with two attached hydrogens (primary N) is 1. The molecule has 0 fully saturated rings. The topological polar surface area (TPSA) is 328 Å². The number of carbonyl (C=O) groups is 5. The van der Waals surface area contributed by atoms with E-state index in [1.165, 1.54) is 37.2 Å². The molecule has 5 aromatic rings. The van der Waals surface area contributed by atoms with E-state index in [9.17, 15) is 69.9 Å². The van der Waals surface area contributed by atoms with Crippen LogP contribution < -0.4 is 5.73 Å². The van der Waals surface area contributed by atoms with Crippen LogP contribution in [-0.2, 0) is 16.0 Å². The van der Waals surface area contributed by atoms with E-state index in [4.69, 9.17) is 5.73 Å². The number of Topliss-reactive ketones (excluding diaryl/α,β-unsaturated/α-hetero) is 2. The molecule has 0 bridgehead atoms. The van der Waals surface area contributed by atoms with Crippen LogP contribution in [-0.4, -0.2) is 118 Å². The number of ketones is 2.